The second kappa shape index (κ2) is 5.60. The number of nitrogens with zero attached hydrogens (tertiary/aromatic N) is 1. The normalized spacial score (nSPS) is 13.9. The molecule has 1 N–H and O–H groups in total. The zero-order valence-electron chi connectivity index (χ0n) is 12.2. The van der Waals surface area contributed by atoms with Gasteiger partial charge in [0, 0.05) is 12.2 Å². The van der Waals surface area contributed by atoms with Gasteiger partial charge in [0.05, 0.1) is 6.42 Å². The molecule has 0 aromatic heterocycles. The molecule has 0 fully saturated rings. The predicted octanol–water partition coefficient (Wildman–Crippen LogP) is 3.22. The number of carbonyl (C=O) groups is 1. The average Bonchev–Trinajstić information content (AvgIpc) is 2.46. The Bertz CT molecular complexity index is 679. The molecule has 1 heterocycles. The van der Waals surface area contributed by atoms with Gasteiger partial charge in [-0.3, -0.25) is 4.79 Å². The van der Waals surface area contributed by atoms with Crippen molar-refractivity contribution < 1.29 is 9.90 Å². The van der Waals surface area contributed by atoms with Gasteiger partial charge in [0.2, 0.25) is 5.91 Å². The second-order valence-corrected chi connectivity index (χ2v) is 5.63. The molecule has 3 heteroatoms. The van der Waals surface area contributed by atoms with E-state index in [0.717, 1.165) is 30.6 Å². The first-order valence-corrected chi connectivity index (χ1v) is 7.31. The lowest BCUT2D eigenvalue weighted by Crippen LogP contribution is -2.36. The summed E-state index contributed by atoms with van der Waals surface area (Å²) >= 11 is 0. The van der Waals surface area contributed by atoms with Crippen LogP contribution in [0.5, 0.6) is 5.75 Å². The van der Waals surface area contributed by atoms with E-state index in [2.05, 4.69) is 19.1 Å². The number of amides is 1. The lowest BCUT2D eigenvalue weighted by Gasteiger charge is -2.30. The number of carbonyl (C=O) groups excluding carboxylic acids is 1. The van der Waals surface area contributed by atoms with Gasteiger partial charge in [0.25, 0.3) is 0 Å². The maximum absolute atomic E-state index is 12.6. The monoisotopic (exact) mass is 281 g/mol. The summed E-state index contributed by atoms with van der Waals surface area (Å²) in [6.45, 7) is 2.85. The highest BCUT2D eigenvalue weighted by atomic mass is 16.3. The Hall–Kier alpha value is -2.29. The molecule has 0 saturated heterocycles. The molecule has 2 aromatic rings. The molecule has 1 aliphatic rings. The van der Waals surface area contributed by atoms with Crippen molar-refractivity contribution >= 4 is 11.6 Å². The molecule has 0 spiro atoms. The van der Waals surface area contributed by atoms with Gasteiger partial charge in [-0.05, 0) is 49.1 Å². The molecule has 3 rings (SSSR count). The van der Waals surface area contributed by atoms with E-state index in [4.69, 9.17) is 0 Å². The number of phenols is 1. The molecule has 21 heavy (non-hydrogen) atoms. The number of anilines is 1. The number of fused-ring (bicyclic) bond motifs is 1. The van der Waals surface area contributed by atoms with E-state index in [0.29, 0.717) is 6.42 Å². The van der Waals surface area contributed by atoms with Gasteiger partial charge in [-0.15, -0.1) is 0 Å². The van der Waals surface area contributed by atoms with E-state index in [1.165, 1.54) is 11.1 Å². The molecule has 0 saturated carbocycles. The van der Waals surface area contributed by atoms with Gasteiger partial charge >= 0.3 is 0 Å². The number of hydrogen-bond acceptors (Lipinski definition) is 2. The van der Waals surface area contributed by atoms with Gasteiger partial charge in [-0.2, -0.15) is 0 Å². The quantitative estimate of drug-likeness (QED) is 0.918. The third kappa shape index (κ3) is 2.92. The smallest absolute Gasteiger partial charge is 0.231 e. The molecule has 108 valence electrons. The van der Waals surface area contributed by atoms with Crippen molar-refractivity contribution in [3.8, 4) is 5.75 Å². The maximum Gasteiger partial charge on any atom is 0.231 e. The second-order valence-electron chi connectivity index (χ2n) is 5.63. The van der Waals surface area contributed by atoms with E-state index in [1.54, 1.807) is 18.2 Å². The summed E-state index contributed by atoms with van der Waals surface area (Å²) in [7, 11) is 0. The standard InChI is InChI=1S/C18H19NO2/c1-13-7-8-17-15(10-13)5-3-9-19(17)18(21)12-14-4-2-6-16(20)11-14/h2,4,6-8,10-11,20H,3,5,9,12H2,1H3. The summed E-state index contributed by atoms with van der Waals surface area (Å²) in [5.41, 5.74) is 4.37. The molecular weight excluding hydrogens is 262 g/mol. The predicted molar refractivity (Wildman–Crippen MR) is 83.7 cm³/mol. The Labute approximate surface area is 124 Å². The zero-order chi connectivity index (χ0) is 14.8. The van der Waals surface area contributed by atoms with Crippen molar-refractivity contribution in [1.29, 1.82) is 0 Å². The van der Waals surface area contributed by atoms with Gasteiger partial charge in [-0.25, -0.2) is 0 Å². The maximum atomic E-state index is 12.6. The van der Waals surface area contributed by atoms with Gasteiger partial charge in [0.1, 0.15) is 5.75 Å². The van der Waals surface area contributed by atoms with Crippen LogP contribution in [0.3, 0.4) is 0 Å². The largest absolute Gasteiger partial charge is 0.508 e. The fraction of sp³-hybridized carbons (Fsp3) is 0.278. The number of rotatable bonds is 2. The Morgan fingerprint density at radius 3 is 2.90 bits per heavy atom. The van der Waals surface area contributed by atoms with Crippen LogP contribution in [0.1, 0.15) is 23.1 Å². The molecule has 1 amide bonds. The first kappa shape index (κ1) is 13.7. The molecular formula is C18H19NO2. The Balaban J connectivity index is 1.83. The molecule has 3 nitrogen and oxygen atoms in total. The minimum Gasteiger partial charge on any atom is -0.508 e. The van der Waals surface area contributed by atoms with E-state index in [-0.39, 0.29) is 11.7 Å². The van der Waals surface area contributed by atoms with Crippen LogP contribution < -0.4 is 4.90 Å². The molecule has 2 aromatic carbocycles. The molecule has 0 unspecified atom stereocenters. The zero-order valence-corrected chi connectivity index (χ0v) is 12.2. The van der Waals surface area contributed by atoms with E-state index in [1.807, 2.05) is 17.0 Å². The Kier molecular flexibility index (Phi) is 3.65. The van der Waals surface area contributed by atoms with Crippen LogP contribution in [0.15, 0.2) is 42.5 Å². The third-order valence-electron chi connectivity index (χ3n) is 3.92. The molecule has 1 aliphatic heterocycles. The fourth-order valence-electron chi connectivity index (χ4n) is 2.92. The van der Waals surface area contributed by atoms with E-state index in [9.17, 15) is 9.90 Å². The van der Waals surface area contributed by atoms with E-state index >= 15 is 0 Å². The number of phenolic OH excluding ortho intramolecular Hbond substituents is 1. The third-order valence-corrected chi connectivity index (χ3v) is 3.92. The Morgan fingerprint density at radius 1 is 1.24 bits per heavy atom. The lowest BCUT2D eigenvalue weighted by molar-refractivity contribution is -0.118. The van der Waals surface area contributed by atoms with Crippen molar-refractivity contribution in [3.63, 3.8) is 0 Å². The van der Waals surface area contributed by atoms with Crippen molar-refractivity contribution in [3.05, 3.63) is 59.2 Å². The van der Waals surface area contributed by atoms with Crippen LogP contribution in [0.4, 0.5) is 5.69 Å². The first-order valence-electron chi connectivity index (χ1n) is 7.31. The van der Waals surface area contributed by atoms with Crippen molar-refractivity contribution in [2.75, 3.05) is 11.4 Å². The fourth-order valence-corrected chi connectivity index (χ4v) is 2.92. The SMILES string of the molecule is Cc1ccc2c(c1)CCCN2C(=O)Cc1cccc(O)c1. The summed E-state index contributed by atoms with van der Waals surface area (Å²) < 4.78 is 0. The van der Waals surface area contributed by atoms with Crippen LogP contribution in [-0.2, 0) is 17.6 Å². The Morgan fingerprint density at radius 2 is 2.10 bits per heavy atom. The summed E-state index contributed by atoms with van der Waals surface area (Å²) in [4.78, 5) is 14.4. The van der Waals surface area contributed by atoms with Crippen LogP contribution in [0.2, 0.25) is 0 Å². The van der Waals surface area contributed by atoms with Crippen LogP contribution >= 0.6 is 0 Å². The van der Waals surface area contributed by atoms with Crippen LogP contribution in [0.25, 0.3) is 0 Å². The summed E-state index contributed by atoms with van der Waals surface area (Å²) in [6, 6.07) is 13.2. The summed E-state index contributed by atoms with van der Waals surface area (Å²) in [6.07, 6.45) is 2.36. The van der Waals surface area contributed by atoms with E-state index < -0.39 is 0 Å². The molecule has 0 radical (unpaired) electrons. The van der Waals surface area contributed by atoms with Crippen molar-refractivity contribution in [2.45, 2.75) is 26.2 Å². The minimum absolute atomic E-state index is 0.0883. The number of aromatic hydroxyl groups is 1. The highest BCUT2D eigenvalue weighted by Crippen LogP contribution is 2.28. The number of hydrogen-bond donors (Lipinski definition) is 1. The summed E-state index contributed by atoms with van der Waals surface area (Å²) in [5, 5.41) is 9.50. The summed E-state index contributed by atoms with van der Waals surface area (Å²) in [5.74, 6) is 0.292. The average molecular weight is 281 g/mol. The van der Waals surface area contributed by atoms with Crippen molar-refractivity contribution in [1.82, 2.24) is 0 Å². The topological polar surface area (TPSA) is 40.5 Å². The minimum atomic E-state index is 0.0883. The first-order chi connectivity index (χ1) is 10.1. The van der Waals surface area contributed by atoms with Crippen LogP contribution in [0, 0.1) is 6.92 Å². The number of aryl methyl sites for hydroxylation is 2. The highest BCUT2D eigenvalue weighted by Gasteiger charge is 2.22. The molecule has 0 aliphatic carbocycles. The lowest BCUT2D eigenvalue weighted by atomic mass is 9.99. The van der Waals surface area contributed by atoms with Gasteiger partial charge in [0.15, 0.2) is 0 Å². The molecule has 0 atom stereocenters. The van der Waals surface area contributed by atoms with Crippen LogP contribution in [-0.4, -0.2) is 17.6 Å². The van der Waals surface area contributed by atoms with Gasteiger partial charge < -0.3 is 10.0 Å². The number of benzene rings is 2. The molecule has 0 bridgehead atoms. The van der Waals surface area contributed by atoms with Crippen molar-refractivity contribution in [2.24, 2.45) is 0 Å². The van der Waals surface area contributed by atoms with Gasteiger partial charge in [-0.1, -0.05) is 29.8 Å². The highest BCUT2D eigenvalue weighted by molar-refractivity contribution is 5.96.